The Morgan fingerprint density at radius 2 is 1.68 bits per heavy atom. The second-order valence-electron chi connectivity index (χ2n) is 12.1. The lowest BCUT2D eigenvalue weighted by Crippen LogP contribution is -2.40. The Hall–Kier alpha value is -2.98. The van der Waals surface area contributed by atoms with E-state index in [0.29, 0.717) is 42.0 Å². The number of amides is 1. The molecule has 6 rings (SSSR count). The molecule has 41 heavy (non-hydrogen) atoms. The molecular weight excluding hydrogens is 543 g/mol. The first kappa shape index (κ1) is 28.2. The quantitative estimate of drug-likeness (QED) is 0.424. The number of sulfone groups is 1. The van der Waals surface area contributed by atoms with E-state index in [1.54, 1.807) is 6.07 Å². The number of carbonyl (C=O) groups excluding carboxylic acids is 1. The smallest absolute Gasteiger partial charge is 0.248 e. The molecule has 3 aliphatic rings. The van der Waals surface area contributed by atoms with Crippen molar-refractivity contribution in [1.29, 1.82) is 0 Å². The molecule has 1 aliphatic carbocycles. The second kappa shape index (κ2) is 11.7. The van der Waals surface area contributed by atoms with E-state index in [4.69, 9.17) is 10.3 Å². The number of nitrogens with two attached hydrogens (primary N) is 1. The van der Waals surface area contributed by atoms with E-state index in [1.807, 2.05) is 12.1 Å². The van der Waals surface area contributed by atoms with Gasteiger partial charge in [-0.3, -0.25) is 4.79 Å². The molecule has 0 atom stereocenters. The Kier molecular flexibility index (Phi) is 8.05. The molecule has 3 fully saturated rings. The number of carbonyl (C=O) groups is 1. The fourth-order valence-electron chi connectivity index (χ4n) is 7.06. The number of primary amides is 1. The van der Waals surface area contributed by atoms with E-state index in [1.165, 1.54) is 18.6 Å². The number of aromatic nitrogens is 1. The molecule has 3 aromatic rings. The summed E-state index contributed by atoms with van der Waals surface area (Å²) in [7, 11) is -2.96. The van der Waals surface area contributed by atoms with Gasteiger partial charge in [-0.15, -0.1) is 0 Å². The van der Waals surface area contributed by atoms with Gasteiger partial charge in [-0.2, -0.15) is 0 Å². The van der Waals surface area contributed by atoms with Crippen molar-refractivity contribution in [3.63, 3.8) is 0 Å². The van der Waals surface area contributed by atoms with Crippen molar-refractivity contribution in [2.45, 2.75) is 56.8 Å². The third-order valence-electron chi connectivity index (χ3n) is 9.58. The lowest BCUT2D eigenvalue weighted by Gasteiger charge is -2.34. The molecule has 1 amide bonds. The van der Waals surface area contributed by atoms with Crippen LogP contribution in [-0.2, 0) is 9.84 Å². The molecule has 0 spiro atoms. The van der Waals surface area contributed by atoms with Crippen LogP contribution in [0.5, 0.6) is 0 Å². The van der Waals surface area contributed by atoms with Crippen molar-refractivity contribution < 1.29 is 22.1 Å². The number of likely N-dealkylation sites (tertiary alicyclic amines) is 1. The maximum absolute atomic E-state index is 13.8. The van der Waals surface area contributed by atoms with Gasteiger partial charge in [0, 0.05) is 35.6 Å². The third kappa shape index (κ3) is 6.28. The van der Waals surface area contributed by atoms with Crippen LogP contribution in [0.1, 0.15) is 78.4 Å². The Balaban J connectivity index is 1.01. The van der Waals surface area contributed by atoms with Gasteiger partial charge in [0.25, 0.3) is 0 Å². The average Bonchev–Trinajstić information content (AvgIpc) is 3.39. The van der Waals surface area contributed by atoms with E-state index in [0.717, 1.165) is 80.5 Å². The summed E-state index contributed by atoms with van der Waals surface area (Å²) in [6, 6.07) is 10.4. The molecule has 10 heteroatoms. The van der Waals surface area contributed by atoms with Crippen LogP contribution in [0.2, 0.25) is 0 Å². The van der Waals surface area contributed by atoms with Gasteiger partial charge < -0.3 is 20.1 Å². The van der Waals surface area contributed by atoms with E-state index in [9.17, 15) is 17.6 Å². The molecule has 0 radical (unpaired) electrons. The normalized spacial score (nSPS) is 24.1. The van der Waals surface area contributed by atoms with Gasteiger partial charge in [0.2, 0.25) is 5.91 Å². The van der Waals surface area contributed by atoms with Crippen LogP contribution in [0, 0.1) is 11.7 Å². The van der Waals surface area contributed by atoms with Crippen LogP contribution >= 0.6 is 0 Å². The highest BCUT2D eigenvalue weighted by atomic mass is 32.2. The first-order valence-corrected chi connectivity index (χ1v) is 16.7. The molecule has 8 nitrogen and oxygen atoms in total. The molecule has 2 aromatic carbocycles. The summed E-state index contributed by atoms with van der Waals surface area (Å²) in [6.45, 7) is 4.06. The van der Waals surface area contributed by atoms with E-state index in [2.05, 4.69) is 21.0 Å². The van der Waals surface area contributed by atoms with Crippen LogP contribution in [0.25, 0.3) is 11.0 Å². The van der Waals surface area contributed by atoms with Crippen molar-refractivity contribution in [2.24, 2.45) is 11.7 Å². The summed E-state index contributed by atoms with van der Waals surface area (Å²) in [6.07, 6.45) is 7.48. The maximum atomic E-state index is 13.8. The number of fused-ring (bicyclic) bond motifs is 1. The summed E-state index contributed by atoms with van der Waals surface area (Å²) >= 11 is 0. The largest absolute Gasteiger partial charge is 0.369 e. The average molecular weight is 583 g/mol. The highest BCUT2D eigenvalue weighted by Gasteiger charge is 2.29. The molecule has 2 saturated heterocycles. The Morgan fingerprint density at radius 3 is 2.39 bits per heavy atom. The summed E-state index contributed by atoms with van der Waals surface area (Å²) in [5, 5.41) is 5.08. The fourth-order valence-corrected chi connectivity index (χ4v) is 8.26. The number of piperidine rings is 1. The lowest BCUT2D eigenvalue weighted by molar-refractivity contribution is 0.0998. The van der Waals surface area contributed by atoms with Gasteiger partial charge in [-0.25, -0.2) is 12.8 Å². The standard InChI is InChI=1S/C31H39FN4O4S/c32-24-5-8-29-28(19-24)30(34-40-29)23-10-13-35(14-11-23)12-9-21-1-3-22(4-2-21)27-20-25(6-7-26(27)31(33)37)36-15-17-41(38,39)18-16-36/h5-8,19-23H,1-4,9-18H2,(H2,33,37). The van der Waals surface area contributed by atoms with Crippen molar-refractivity contribution in [1.82, 2.24) is 10.1 Å². The summed E-state index contributed by atoms with van der Waals surface area (Å²) in [4.78, 5) is 16.9. The zero-order chi connectivity index (χ0) is 28.6. The van der Waals surface area contributed by atoms with Crippen molar-refractivity contribution in [3.05, 3.63) is 59.0 Å². The number of halogens is 1. The van der Waals surface area contributed by atoms with Crippen LogP contribution in [0.4, 0.5) is 10.1 Å². The van der Waals surface area contributed by atoms with E-state index in [-0.39, 0.29) is 17.3 Å². The zero-order valence-corrected chi connectivity index (χ0v) is 24.3. The van der Waals surface area contributed by atoms with Gasteiger partial charge in [0.05, 0.1) is 17.2 Å². The molecule has 2 N–H and O–H groups in total. The topological polar surface area (TPSA) is 110 Å². The van der Waals surface area contributed by atoms with Crippen LogP contribution in [-0.4, -0.2) is 68.6 Å². The monoisotopic (exact) mass is 582 g/mol. The Morgan fingerprint density at radius 1 is 0.951 bits per heavy atom. The fraction of sp³-hybridized carbons (Fsp3) is 0.548. The van der Waals surface area contributed by atoms with Crippen LogP contribution in [0.3, 0.4) is 0 Å². The Bertz CT molecular complexity index is 1490. The van der Waals surface area contributed by atoms with Gasteiger partial charge in [0.1, 0.15) is 5.82 Å². The molecule has 0 unspecified atom stereocenters. The van der Waals surface area contributed by atoms with Crippen molar-refractivity contribution >= 4 is 32.4 Å². The zero-order valence-electron chi connectivity index (χ0n) is 23.4. The molecule has 1 aromatic heterocycles. The highest BCUT2D eigenvalue weighted by molar-refractivity contribution is 7.91. The number of rotatable bonds is 7. The summed E-state index contributed by atoms with van der Waals surface area (Å²) < 4.78 is 43.0. The van der Waals surface area contributed by atoms with Gasteiger partial charge >= 0.3 is 0 Å². The number of anilines is 1. The number of nitrogens with zero attached hydrogens (tertiary/aromatic N) is 3. The van der Waals surface area contributed by atoms with Gasteiger partial charge in [-0.05, 0) is 118 Å². The maximum Gasteiger partial charge on any atom is 0.248 e. The third-order valence-corrected chi connectivity index (χ3v) is 11.2. The minimum absolute atomic E-state index is 0.166. The van der Waals surface area contributed by atoms with Crippen molar-refractivity contribution in [3.8, 4) is 0 Å². The van der Waals surface area contributed by atoms with Crippen LogP contribution in [0.15, 0.2) is 40.9 Å². The predicted octanol–water partition coefficient (Wildman–Crippen LogP) is 4.84. The lowest BCUT2D eigenvalue weighted by atomic mass is 9.76. The van der Waals surface area contributed by atoms with E-state index >= 15 is 0 Å². The highest BCUT2D eigenvalue weighted by Crippen LogP contribution is 2.40. The minimum Gasteiger partial charge on any atom is -0.369 e. The number of hydrogen-bond acceptors (Lipinski definition) is 7. The van der Waals surface area contributed by atoms with Gasteiger partial charge in [0.15, 0.2) is 15.4 Å². The first-order valence-electron chi connectivity index (χ1n) is 14.9. The predicted molar refractivity (Wildman–Crippen MR) is 158 cm³/mol. The number of benzene rings is 2. The molecule has 0 bridgehead atoms. The molecule has 3 heterocycles. The molecule has 1 saturated carbocycles. The molecule has 2 aliphatic heterocycles. The van der Waals surface area contributed by atoms with Gasteiger partial charge in [-0.1, -0.05) is 5.16 Å². The van der Waals surface area contributed by atoms with Crippen LogP contribution < -0.4 is 10.6 Å². The molecular formula is C31H39FN4O4S. The molecule has 220 valence electrons. The SMILES string of the molecule is NC(=O)c1ccc(N2CCS(=O)(=O)CC2)cc1C1CCC(CCN2CCC(c3noc4ccc(F)cc34)CC2)CC1. The van der Waals surface area contributed by atoms with Crippen molar-refractivity contribution in [2.75, 3.05) is 49.1 Å². The minimum atomic E-state index is -2.96. The second-order valence-corrected chi connectivity index (χ2v) is 14.4. The summed E-state index contributed by atoms with van der Waals surface area (Å²) in [5.74, 6) is 0.933. The Labute approximate surface area is 240 Å². The summed E-state index contributed by atoms with van der Waals surface area (Å²) in [5.41, 5.74) is 9.88. The first-order chi connectivity index (χ1) is 19.8. The number of hydrogen-bond donors (Lipinski definition) is 1. The van der Waals surface area contributed by atoms with E-state index < -0.39 is 15.7 Å².